The first-order chi connectivity index (χ1) is 7.39. The first-order valence-corrected chi connectivity index (χ1v) is 8.90. The highest BCUT2D eigenvalue weighted by molar-refractivity contribution is 6.69. The van der Waals surface area contributed by atoms with Gasteiger partial charge in [-0.2, -0.15) is 5.26 Å². The summed E-state index contributed by atoms with van der Waals surface area (Å²) in [6, 6.07) is 2.27. The summed E-state index contributed by atoms with van der Waals surface area (Å²) in [6.45, 7) is 6.84. The van der Waals surface area contributed by atoms with Crippen molar-refractivity contribution in [1.82, 2.24) is 4.90 Å². The minimum absolute atomic E-state index is 0.0315. The molecule has 0 aromatic rings. The first-order valence-electron chi connectivity index (χ1n) is 5.50. The zero-order valence-electron chi connectivity index (χ0n) is 9.86. The summed E-state index contributed by atoms with van der Waals surface area (Å²) in [4.78, 5) is 13.4. The molecule has 0 saturated carbocycles. The molecular formula is C11H16N2O2Si. The Labute approximate surface area is 96.6 Å². The van der Waals surface area contributed by atoms with Crippen LogP contribution in [-0.4, -0.2) is 31.4 Å². The van der Waals surface area contributed by atoms with Crippen molar-refractivity contribution in [2.24, 2.45) is 5.92 Å². The van der Waals surface area contributed by atoms with Crippen LogP contribution in [0.25, 0.3) is 0 Å². The average molecular weight is 236 g/mol. The Kier molecular flexibility index (Phi) is 2.44. The van der Waals surface area contributed by atoms with Gasteiger partial charge in [-0.1, -0.05) is 0 Å². The fourth-order valence-electron chi connectivity index (χ4n) is 2.40. The maximum absolute atomic E-state index is 11.7. The summed E-state index contributed by atoms with van der Waals surface area (Å²) >= 11 is 0. The van der Waals surface area contributed by atoms with Crippen LogP contribution in [0, 0.1) is 17.2 Å². The van der Waals surface area contributed by atoms with Crippen molar-refractivity contribution >= 4 is 14.2 Å². The fraction of sp³-hybridized carbons (Fsp3) is 0.636. The predicted octanol–water partition coefficient (Wildman–Crippen LogP) is 1.48. The van der Waals surface area contributed by atoms with Crippen LogP contribution in [0.2, 0.25) is 19.6 Å². The highest BCUT2D eigenvalue weighted by Gasteiger charge is 2.54. The third-order valence-corrected chi connectivity index (χ3v) is 3.86. The second-order valence-electron chi connectivity index (χ2n) is 5.26. The Morgan fingerprint density at radius 2 is 2.31 bits per heavy atom. The van der Waals surface area contributed by atoms with Crippen LogP contribution in [0.1, 0.15) is 6.42 Å². The smallest absolute Gasteiger partial charge is 0.248 e. The van der Waals surface area contributed by atoms with Crippen LogP contribution < -0.4 is 0 Å². The maximum Gasteiger partial charge on any atom is 0.248 e. The third kappa shape index (κ3) is 1.58. The van der Waals surface area contributed by atoms with E-state index < -0.39 is 14.0 Å². The lowest BCUT2D eigenvalue weighted by atomic mass is 9.99. The summed E-state index contributed by atoms with van der Waals surface area (Å²) < 4.78 is 6.12. The number of fused-ring (bicyclic) bond motifs is 1. The molecule has 4 nitrogen and oxygen atoms in total. The second-order valence-corrected chi connectivity index (χ2v) is 9.69. The maximum atomic E-state index is 11.7. The van der Waals surface area contributed by atoms with Crippen molar-refractivity contribution in [3.63, 3.8) is 0 Å². The first kappa shape index (κ1) is 11.4. The molecule has 0 aromatic heterocycles. The fourth-order valence-corrected chi connectivity index (χ4v) is 3.71. The number of hydrogen-bond acceptors (Lipinski definition) is 3. The van der Waals surface area contributed by atoms with Crippen LogP contribution in [0.4, 0.5) is 0 Å². The molecule has 0 bridgehead atoms. The van der Waals surface area contributed by atoms with Gasteiger partial charge in [0.1, 0.15) is 0 Å². The summed E-state index contributed by atoms with van der Waals surface area (Å²) in [7, 11) is -1.80. The molecule has 2 aliphatic rings. The molecule has 0 unspecified atom stereocenters. The topological polar surface area (TPSA) is 53.3 Å². The van der Waals surface area contributed by atoms with Crippen LogP contribution in [0.15, 0.2) is 12.2 Å². The van der Waals surface area contributed by atoms with Gasteiger partial charge in [0.2, 0.25) is 5.91 Å². The van der Waals surface area contributed by atoms with Crippen molar-refractivity contribution in [3.8, 4) is 6.07 Å². The number of nitrogens with zero attached hydrogens (tertiary/aromatic N) is 2. The zero-order valence-corrected chi connectivity index (χ0v) is 10.9. The van der Waals surface area contributed by atoms with Crippen LogP contribution in [0.3, 0.4) is 0 Å². The van der Waals surface area contributed by atoms with Gasteiger partial charge in [0.15, 0.2) is 14.0 Å². The molecule has 86 valence electrons. The van der Waals surface area contributed by atoms with Gasteiger partial charge in [-0.15, -0.1) is 0 Å². The molecule has 1 amide bonds. The van der Waals surface area contributed by atoms with Gasteiger partial charge >= 0.3 is 0 Å². The van der Waals surface area contributed by atoms with Crippen LogP contribution in [0.5, 0.6) is 0 Å². The minimum Gasteiger partial charge on any atom is -0.391 e. The van der Waals surface area contributed by atoms with E-state index in [9.17, 15) is 10.1 Å². The zero-order chi connectivity index (χ0) is 12.0. The summed E-state index contributed by atoms with van der Waals surface area (Å²) in [6.07, 6.45) is 4.01. The summed E-state index contributed by atoms with van der Waals surface area (Å²) in [5, 5.41) is 9.17. The number of hydrogen-bond donors (Lipinski definition) is 0. The Bertz CT molecular complexity index is 394. The summed E-state index contributed by atoms with van der Waals surface area (Å²) in [5.41, 5.74) is -0.768. The molecule has 0 spiro atoms. The van der Waals surface area contributed by atoms with Gasteiger partial charge in [0.25, 0.3) is 0 Å². The van der Waals surface area contributed by atoms with Crippen LogP contribution in [-0.2, 0) is 9.22 Å². The molecule has 1 fully saturated rings. The van der Waals surface area contributed by atoms with E-state index in [0.717, 1.165) is 0 Å². The van der Waals surface area contributed by atoms with E-state index in [0.29, 0.717) is 13.0 Å². The van der Waals surface area contributed by atoms with Gasteiger partial charge in [0, 0.05) is 12.6 Å². The van der Waals surface area contributed by atoms with Gasteiger partial charge in [-0.3, -0.25) is 4.79 Å². The molecule has 2 atom stereocenters. The molecule has 0 N–H and O–H groups in total. The predicted molar refractivity (Wildman–Crippen MR) is 61.7 cm³/mol. The Morgan fingerprint density at radius 1 is 1.62 bits per heavy atom. The van der Waals surface area contributed by atoms with E-state index in [-0.39, 0.29) is 11.8 Å². The Balaban J connectivity index is 2.37. The number of carbonyl (C=O) groups is 1. The van der Waals surface area contributed by atoms with E-state index in [1.54, 1.807) is 11.0 Å². The van der Waals surface area contributed by atoms with Crippen molar-refractivity contribution in [2.75, 3.05) is 6.54 Å². The summed E-state index contributed by atoms with van der Waals surface area (Å²) in [5.74, 6) is -0.266. The van der Waals surface area contributed by atoms with E-state index in [1.165, 1.54) is 6.08 Å². The van der Waals surface area contributed by atoms with Gasteiger partial charge in [0.05, 0.1) is 12.0 Å². The Morgan fingerprint density at radius 3 is 2.88 bits per heavy atom. The lowest BCUT2D eigenvalue weighted by molar-refractivity contribution is -0.135. The van der Waals surface area contributed by atoms with Gasteiger partial charge in [-0.25, -0.2) is 0 Å². The van der Waals surface area contributed by atoms with Gasteiger partial charge < -0.3 is 9.33 Å². The molecule has 2 aliphatic heterocycles. The number of carbonyl (C=O) groups excluding carboxylic acids is 1. The molecule has 5 heteroatoms. The minimum atomic E-state index is -1.80. The highest BCUT2D eigenvalue weighted by Crippen LogP contribution is 2.42. The molecule has 2 heterocycles. The SMILES string of the molecule is C[Si](C)(C)O[C@]12C=CC(=O)N1CC[C@@H]2C#N. The van der Waals surface area contributed by atoms with Gasteiger partial charge in [-0.05, 0) is 32.1 Å². The highest BCUT2D eigenvalue weighted by atomic mass is 28.4. The lowest BCUT2D eigenvalue weighted by Crippen LogP contribution is -2.52. The van der Waals surface area contributed by atoms with E-state index >= 15 is 0 Å². The number of amides is 1. The number of nitriles is 1. The number of rotatable bonds is 2. The van der Waals surface area contributed by atoms with Crippen LogP contribution >= 0.6 is 0 Å². The third-order valence-electron chi connectivity index (χ3n) is 2.92. The second kappa shape index (κ2) is 3.44. The molecule has 0 aromatic carbocycles. The van der Waals surface area contributed by atoms with E-state index in [4.69, 9.17) is 4.43 Å². The van der Waals surface area contributed by atoms with E-state index in [1.807, 2.05) is 0 Å². The van der Waals surface area contributed by atoms with Crippen molar-refractivity contribution in [2.45, 2.75) is 31.8 Å². The molecule has 1 saturated heterocycles. The quantitative estimate of drug-likeness (QED) is 0.682. The normalized spacial score (nSPS) is 33.0. The Hall–Kier alpha value is -1.12. The lowest BCUT2D eigenvalue weighted by Gasteiger charge is -2.38. The average Bonchev–Trinajstić information content (AvgIpc) is 2.63. The standard InChI is InChI=1S/C11H16N2O2Si/c1-16(2,3)15-11-6-4-10(14)13(11)7-5-9(11)8-12/h4,6,9H,5,7H2,1-3H3/t9-,11+/m1/s1. The van der Waals surface area contributed by atoms with Crippen molar-refractivity contribution in [1.29, 1.82) is 5.26 Å². The molecule has 2 rings (SSSR count). The monoisotopic (exact) mass is 236 g/mol. The molecule has 0 radical (unpaired) electrons. The molecular weight excluding hydrogens is 220 g/mol. The van der Waals surface area contributed by atoms with Crippen molar-refractivity contribution in [3.05, 3.63) is 12.2 Å². The largest absolute Gasteiger partial charge is 0.391 e. The molecule has 16 heavy (non-hydrogen) atoms. The van der Waals surface area contributed by atoms with Crippen molar-refractivity contribution < 1.29 is 9.22 Å². The van der Waals surface area contributed by atoms with E-state index in [2.05, 4.69) is 25.7 Å². The molecule has 0 aliphatic carbocycles.